The lowest BCUT2D eigenvalue weighted by Crippen LogP contribution is -2.15. The summed E-state index contributed by atoms with van der Waals surface area (Å²) >= 11 is 2.00. The average molecular weight is 369 g/mol. The van der Waals surface area contributed by atoms with Gasteiger partial charge in [-0.1, -0.05) is 29.8 Å². The predicted octanol–water partition coefficient (Wildman–Crippen LogP) is 3.92. The third-order valence-electron chi connectivity index (χ3n) is 2.69. The van der Waals surface area contributed by atoms with Gasteiger partial charge in [0.2, 0.25) is 5.91 Å². The first-order chi connectivity index (χ1) is 9.04. The summed E-state index contributed by atoms with van der Waals surface area (Å²) in [6, 6.07) is 12.1. The van der Waals surface area contributed by atoms with Crippen LogP contribution in [0, 0.1) is 16.3 Å². The molecule has 98 valence electrons. The number of benzene rings is 2. The molecule has 0 aliphatic heterocycles. The summed E-state index contributed by atoms with van der Waals surface area (Å²) in [5.41, 5.74) is 2.76. The molecule has 0 aliphatic rings. The fraction of sp³-hybridized carbons (Fsp3) is 0.133. The van der Waals surface area contributed by atoms with Crippen LogP contribution in [0.25, 0.3) is 0 Å². The monoisotopic (exact) mass is 369 g/mol. The number of anilines is 1. The molecule has 2 aromatic rings. The molecule has 0 fully saturated rings. The van der Waals surface area contributed by atoms with Gasteiger partial charge in [-0.25, -0.2) is 4.39 Å². The zero-order valence-corrected chi connectivity index (χ0v) is 12.6. The first-order valence-electron chi connectivity index (χ1n) is 5.85. The minimum absolute atomic E-state index is 0.103. The standard InChI is InChI=1S/C15H13FINO/c1-10-2-4-11(5-3-10)8-15(19)18-14-7-6-12(16)9-13(14)17/h2-7,9H,8H2,1H3,(H,18,19). The van der Waals surface area contributed by atoms with Crippen molar-refractivity contribution in [1.82, 2.24) is 0 Å². The van der Waals surface area contributed by atoms with Crippen molar-refractivity contribution in [1.29, 1.82) is 0 Å². The lowest BCUT2D eigenvalue weighted by molar-refractivity contribution is -0.115. The second kappa shape index (κ2) is 6.14. The van der Waals surface area contributed by atoms with Crippen LogP contribution < -0.4 is 5.32 Å². The van der Waals surface area contributed by atoms with Crippen molar-refractivity contribution in [3.63, 3.8) is 0 Å². The number of carbonyl (C=O) groups excluding carboxylic acids is 1. The van der Waals surface area contributed by atoms with Gasteiger partial charge in [0.05, 0.1) is 12.1 Å². The van der Waals surface area contributed by atoms with Crippen molar-refractivity contribution in [2.45, 2.75) is 13.3 Å². The molecule has 0 spiro atoms. The van der Waals surface area contributed by atoms with E-state index in [0.29, 0.717) is 15.7 Å². The molecular weight excluding hydrogens is 356 g/mol. The zero-order valence-electron chi connectivity index (χ0n) is 10.4. The topological polar surface area (TPSA) is 29.1 Å². The third kappa shape index (κ3) is 4.02. The summed E-state index contributed by atoms with van der Waals surface area (Å²) in [5, 5.41) is 2.79. The maximum atomic E-state index is 13.0. The summed E-state index contributed by atoms with van der Waals surface area (Å²) in [7, 11) is 0. The highest BCUT2D eigenvalue weighted by molar-refractivity contribution is 14.1. The van der Waals surface area contributed by atoms with E-state index in [0.717, 1.165) is 11.1 Å². The van der Waals surface area contributed by atoms with Gasteiger partial charge in [0, 0.05) is 3.57 Å². The molecule has 2 aromatic carbocycles. The first kappa shape index (κ1) is 14.0. The summed E-state index contributed by atoms with van der Waals surface area (Å²) in [6.45, 7) is 2.00. The summed E-state index contributed by atoms with van der Waals surface area (Å²) < 4.78 is 13.6. The lowest BCUT2D eigenvalue weighted by atomic mass is 10.1. The quantitative estimate of drug-likeness (QED) is 0.817. The lowest BCUT2D eigenvalue weighted by Gasteiger charge is -2.07. The molecule has 4 heteroatoms. The smallest absolute Gasteiger partial charge is 0.228 e. The Morgan fingerprint density at radius 2 is 1.89 bits per heavy atom. The van der Waals surface area contributed by atoms with Gasteiger partial charge in [-0.3, -0.25) is 4.79 Å². The molecule has 0 aromatic heterocycles. The Morgan fingerprint density at radius 3 is 2.53 bits per heavy atom. The molecule has 0 saturated carbocycles. The largest absolute Gasteiger partial charge is 0.325 e. The van der Waals surface area contributed by atoms with E-state index < -0.39 is 0 Å². The number of nitrogens with one attached hydrogen (secondary N) is 1. The zero-order chi connectivity index (χ0) is 13.8. The van der Waals surface area contributed by atoms with Gasteiger partial charge >= 0.3 is 0 Å². The first-order valence-corrected chi connectivity index (χ1v) is 6.93. The molecule has 2 rings (SSSR count). The Balaban J connectivity index is 2.03. The van der Waals surface area contributed by atoms with Gasteiger partial charge in [-0.2, -0.15) is 0 Å². The normalized spacial score (nSPS) is 10.3. The van der Waals surface area contributed by atoms with E-state index in [1.807, 2.05) is 53.8 Å². The Labute approximate surface area is 125 Å². The van der Waals surface area contributed by atoms with Crippen LogP contribution in [0.3, 0.4) is 0 Å². The van der Waals surface area contributed by atoms with Gasteiger partial charge in [0.1, 0.15) is 5.82 Å². The summed E-state index contributed by atoms with van der Waals surface area (Å²) in [4.78, 5) is 11.9. The van der Waals surface area contributed by atoms with Crippen LogP contribution in [-0.2, 0) is 11.2 Å². The Bertz CT molecular complexity index is 596. The van der Waals surface area contributed by atoms with Crippen molar-refractivity contribution >= 4 is 34.2 Å². The molecule has 0 aliphatic carbocycles. The van der Waals surface area contributed by atoms with Gasteiger partial charge in [-0.15, -0.1) is 0 Å². The molecule has 0 atom stereocenters. The number of rotatable bonds is 3. The van der Waals surface area contributed by atoms with Crippen LogP contribution in [0.2, 0.25) is 0 Å². The van der Waals surface area contributed by atoms with E-state index in [1.165, 1.54) is 12.1 Å². The van der Waals surface area contributed by atoms with E-state index in [9.17, 15) is 9.18 Å². The molecule has 2 nitrogen and oxygen atoms in total. The Kier molecular flexibility index (Phi) is 4.52. The average Bonchev–Trinajstić information content (AvgIpc) is 2.36. The number of amides is 1. The minimum Gasteiger partial charge on any atom is -0.325 e. The predicted molar refractivity (Wildman–Crippen MR) is 82.6 cm³/mol. The fourth-order valence-corrected chi connectivity index (χ4v) is 2.29. The minimum atomic E-state index is -0.305. The molecule has 0 saturated heterocycles. The van der Waals surface area contributed by atoms with Crippen molar-refractivity contribution in [3.05, 3.63) is 63.0 Å². The SMILES string of the molecule is Cc1ccc(CC(=O)Nc2ccc(F)cc2I)cc1. The maximum absolute atomic E-state index is 13.0. The van der Waals surface area contributed by atoms with Crippen LogP contribution in [-0.4, -0.2) is 5.91 Å². The highest BCUT2D eigenvalue weighted by atomic mass is 127. The van der Waals surface area contributed by atoms with Crippen LogP contribution >= 0.6 is 22.6 Å². The highest BCUT2D eigenvalue weighted by Crippen LogP contribution is 2.19. The van der Waals surface area contributed by atoms with E-state index in [1.54, 1.807) is 6.07 Å². The Morgan fingerprint density at radius 1 is 1.21 bits per heavy atom. The molecule has 1 amide bonds. The second-order valence-electron chi connectivity index (χ2n) is 4.33. The fourth-order valence-electron chi connectivity index (χ4n) is 1.68. The van der Waals surface area contributed by atoms with Gasteiger partial charge < -0.3 is 5.32 Å². The molecule has 0 unspecified atom stereocenters. The molecule has 19 heavy (non-hydrogen) atoms. The third-order valence-corrected chi connectivity index (χ3v) is 3.58. The molecule has 0 radical (unpaired) electrons. The van der Waals surface area contributed by atoms with Crippen LogP contribution in [0.15, 0.2) is 42.5 Å². The van der Waals surface area contributed by atoms with Crippen LogP contribution in [0.1, 0.15) is 11.1 Å². The van der Waals surface area contributed by atoms with Crippen LogP contribution in [0.5, 0.6) is 0 Å². The number of carbonyl (C=O) groups is 1. The van der Waals surface area contributed by atoms with Crippen molar-refractivity contribution < 1.29 is 9.18 Å². The summed E-state index contributed by atoms with van der Waals surface area (Å²) in [5.74, 6) is -0.408. The van der Waals surface area contributed by atoms with Crippen LogP contribution in [0.4, 0.5) is 10.1 Å². The molecular formula is C15H13FINO. The van der Waals surface area contributed by atoms with Crippen molar-refractivity contribution in [2.24, 2.45) is 0 Å². The van der Waals surface area contributed by atoms with E-state index in [-0.39, 0.29) is 11.7 Å². The van der Waals surface area contributed by atoms with Crippen molar-refractivity contribution in [3.8, 4) is 0 Å². The van der Waals surface area contributed by atoms with Crippen molar-refractivity contribution in [2.75, 3.05) is 5.32 Å². The van der Waals surface area contributed by atoms with Gasteiger partial charge in [0.15, 0.2) is 0 Å². The maximum Gasteiger partial charge on any atom is 0.228 e. The second-order valence-corrected chi connectivity index (χ2v) is 5.50. The van der Waals surface area contributed by atoms with E-state index in [2.05, 4.69) is 5.32 Å². The molecule has 0 heterocycles. The highest BCUT2D eigenvalue weighted by Gasteiger charge is 2.07. The Hall–Kier alpha value is -1.43. The number of halogens is 2. The van der Waals surface area contributed by atoms with Gasteiger partial charge in [0.25, 0.3) is 0 Å². The molecule has 1 N–H and O–H groups in total. The van der Waals surface area contributed by atoms with Gasteiger partial charge in [-0.05, 0) is 53.3 Å². The molecule has 0 bridgehead atoms. The number of aryl methyl sites for hydroxylation is 1. The summed E-state index contributed by atoms with van der Waals surface area (Å²) in [6.07, 6.45) is 0.313. The van der Waals surface area contributed by atoms with E-state index >= 15 is 0 Å². The van der Waals surface area contributed by atoms with E-state index in [4.69, 9.17) is 0 Å². The number of hydrogen-bond donors (Lipinski definition) is 1. The number of hydrogen-bond acceptors (Lipinski definition) is 1.